The number of anilines is 1. The number of benzene rings is 3. The fourth-order valence-corrected chi connectivity index (χ4v) is 4.48. The molecular formula is C28H28FN5O2S. The molecule has 0 aliphatic heterocycles. The van der Waals surface area contributed by atoms with Crippen molar-refractivity contribution in [2.75, 3.05) is 11.1 Å². The van der Waals surface area contributed by atoms with Crippen molar-refractivity contribution in [3.63, 3.8) is 0 Å². The van der Waals surface area contributed by atoms with Crippen molar-refractivity contribution in [1.82, 2.24) is 20.1 Å². The molecule has 0 radical (unpaired) electrons. The average Bonchev–Trinajstić information content (AvgIpc) is 3.28. The van der Waals surface area contributed by atoms with E-state index in [0.29, 0.717) is 22.2 Å². The second-order valence-corrected chi connectivity index (χ2v) is 9.79. The van der Waals surface area contributed by atoms with E-state index in [2.05, 4.69) is 20.8 Å². The van der Waals surface area contributed by atoms with Crippen LogP contribution in [0.1, 0.15) is 38.4 Å². The van der Waals surface area contributed by atoms with E-state index < -0.39 is 0 Å². The van der Waals surface area contributed by atoms with Crippen LogP contribution in [0.3, 0.4) is 0 Å². The van der Waals surface area contributed by atoms with Crippen LogP contribution < -0.4 is 10.6 Å². The lowest BCUT2D eigenvalue weighted by atomic mass is 10.1. The first-order chi connectivity index (χ1) is 17.7. The number of aromatic nitrogens is 3. The Morgan fingerprint density at radius 2 is 1.62 bits per heavy atom. The monoisotopic (exact) mass is 517 g/mol. The van der Waals surface area contributed by atoms with Crippen LogP contribution in [0.4, 0.5) is 10.1 Å². The molecule has 4 rings (SSSR count). The molecule has 0 unspecified atom stereocenters. The number of halogens is 1. The van der Waals surface area contributed by atoms with Crippen molar-refractivity contribution in [3.8, 4) is 5.69 Å². The molecule has 0 saturated heterocycles. The number of aryl methyl sites for hydroxylation is 4. The molecule has 4 aromatic rings. The molecule has 37 heavy (non-hydrogen) atoms. The van der Waals surface area contributed by atoms with Gasteiger partial charge in [-0.25, -0.2) is 4.39 Å². The first-order valence-electron chi connectivity index (χ1n) is 11.8. The first-order valence-corrected chi connectivity index (χ1v) is 12.8. The number of carbonyl (C=O) groups excluding carboxylic acids is 2. The van der Waals surface area contributed by atoms with Crippen molar-refractivity contribution in [2.24, 2.45) is 0 Å². The molecule has 2 N–H and O–H groups in total. The van der Waals surface area contributed by atoms with Gasteiger partial charge in [0.15, 0.2) is 11.0 Å². The standard InChI is InChI=1S/C28H28FN5O2S/c1-17-5-6-19(3)24(13-17)34-25(15-30-27(36)21-8-7-18(2)20(4)14-21)32-33-28(34)37-16-26(35)31-23-11-9-22(29)10-12-23/h5-14H,15-16H2,1-4H3,(H,30,36)(H,31,35). The molecule has 0 aliphatic carbocycles. The SMILES string of the molecule is Cc1ccc(C)c(-n2c(CNC(=O)c3ccc(C)c(C)c3)nnc2SCC(=O)Nc2ccc(F)cc2)c1. The molecule has 7 nitrogen and oxygen atoms in total. The van der Waals surface area contributed by atoms with E-state index >= 15 is 0 Å². The van der Waals surface area contributed by atoms with Crippen LogP contribution in [0.25, 0.3) is 5.69 Å². The van der Waals surface area contributed by atoms with Crippen LogP contribution in [0.5, 0.6) is 0 Å². The van der Waals surface area contributed by atoms with E-state index in [9.17, 15) is 14.0 Å². The molecular weight excluding hydrogens is 489 g/mol. The van der Waals surface area contributed by atoms with E-state index in [-0.39, 0.29) is 29.9 Å². The smallest absolute Gasteiger partial charge is 0.251 e. The summed E-state index contributed by atoms with van der Waals surface area (Å²) >= 11 is 1.23. The summed E-state index contributed by atoms with van der Waals surface area (Å²) in [6.07, 6.45) is 0. The predicted octanol–water partition coefficient (Wildman–Crippen LogP) is 5.30. The van der Waals surface area contributed by atoms with Gasteiger partial charge in [0, 0.05) is 11.3 Å². The second-order valence-electron chi connectivity index (χ2n) is 8.85. The van der Waals surface area contributed by atoms with E-state index in [1.54, 1.807) is 6.07 Å². The zero-order valence-electron chi connectivity index (χ0n) is 21.1. The van der Waals surface area contributed by atoms with E-state index in [1.807, 2.05) is 62.6 Å². The van der Waals surface area contributed by atoms with Crippen LogP contribution >= 0.6 is 11.8 Å². The number of thioether (sulfide) groups is 1. The quantitative estimate of drug-likeness (QED) is 0.310. The Labute approximate surface area is 219 Å². The van der Waals surface area contributed by atoms with Gasteiger partial charge in [-0.1, -0.05) is 30.0 Å². The Kier molecular flexibility index (Phi) is 8.03. The van der Waals surface area contributed by atoms with Gasteiger partial charge in [-0.05, 0) is 92.4 Å². The highest BCUT2D eigenvalue weighted by Crippen LogP contribution is 2.25. The van der Waals surface area contributed by atoms with Crippen molar-refractivity contribution in [1.29, 1.82) is 0 Å². The second kappa shape index (κ2) is 11.4. The van der Waals surface area contributed by atoms with Gasteiger partial charge in [-0.3, -0.25) is 14.2 Å². The molecule has 0 spiro atoms. The Balaban J connectivity index is 1.54. The van der Waals surface area contributed by atoms with Crippen molar-refractivity contribution < 1.29 is 14.0 Å². The fourth-order valence-electron chi connectivity index (χ4n) is 3.72. The number of rotatable bonds is 8. The molecule has 1 heterocycles. The Morgan fingerprint density at radius 1 is 0.892 bits per heavy atom. The number of nitrogens with one attached hydrogen (secondary N) is 2. The van der Waals surface area contributed by atoms with Gasteiger partial charge < -0.3 is 10.6 Å². The average molecular weight is 518 g/mol. The number of hydrogen-bond donors (Lipinski definition) is 2. The minimum atomic E-state index is -0.369. The zero-order valence-corrected chi connectivity index (χ0v) is 21.9. The molecule has 0 fully saturated rings. The maximum atomic E-state index is 13.1. The minimum Gasteiger partial charge on any atom is -0.345 e. The maximum absolute atomic E-state index is 13.1. The summed E-state index contributed by atoms with van der Waals surface area (Å²) < 4.78 is 15.0. The van der Waals surface area contributed by atoms with Gasteiger partial charge in [-0.15, -0.1) is 10.2 Å². The molecule has 0 saturated carbocycles. The van der Waals surface area contributed by atoms with Crippen LogP contribution in [0.15, 0.2) is 65.8 Å². The van der Waals surface area contributed by atoms with Gasteiger partial charge in [0.25, 0.3) is 5.91 Å². The summed E-state index contributed by atoms with van der Waals surface area (Å²) in [5.41, 5.74) is 6.20. The maximum Gasteiger partial charge on any atom is 0.251 e. The van der Waals surface area contributed by atoms with Crippen molar-refractivity contribution in [3.05, 3.63) is 100 Å². The summed E-state index contributed by atoms with van der Waals surface area (Å²) in [7, 11) is 0. The first kappa shape index (κ1) is 26.1. The van der Waals surface area contributed by atoms with Gasteiger partial charge in [0.05, 0.1) is 18.0 Å². The number of amides is 2. The van der Waals surface area contributed by atoms with E-state index in [0.717, 1.165) is 27.9 Å². The lowest BCUT2D eigenvalue weighted by Gasteiger charge is -2.14. The topological polar surface area (TPSA) is 88.9 Å². The predicted molar refractivity (Wildman–Crippen MR) is 144 cm³/mol. The molecule has 1 aromatic heterocycles. The summed E-state index contributed by atoms with van der Waals surface area (Å²) in [6.45, 7) is 8.12. The number of nitrogens with zero attached hydrogens (tertiary/aromatic N) is 3. The Hall–Kier alpha value is -3.98. The van der Waals surface area contributed by atoms with Crippen LogP contribution in [0.2, 0.25) is 0 Å². The van der Waals surface area contributed by atoms with Crippen LogP contribution in [-0.2, 0) is 11.3 Å². The van der Waals surface area contributed by atoms with Crippen LogP contribution in [0, 0.1) is 33.5 Å². The lowest BCUT2D eigenvalue weighted by Crippen LogP contribution is -2.25. The molecule has 190 valence electrons. The van der Waals surface area contributed by atoms with E-state index in [4.69, 9.17) is 0 Å². The van der Waals surface area contributed by atoms with Gasteiger partial charge >= 0.3 is 0 Å². The van der Waals surface area contributed by atoms with Crippen molar-refractivity contribution in [2.45, 2.75) is 39.4 Å². The molecule has 2 amide bonds. The summed E-state index contributed by atoms with van der Waals surface area (Å²) in [5, 5.41) is 14.9. The minimum absolute atomic E-state index is 0.0787. The molecule has 9 heteroatoms. The lowest BCUT2D eigenvalue weighted by molar-refractivity contribution is -0.113. The summed E-state index contributed by atoms with van der Waals surface area (Å²) in [5.74, 6) is -0.197. The normalized spacial score (nSPS) is 10.8. The van der Waals surface area contributed by atoms with Crippen molar-refractivity contribution >= 4 is 29.3 Å². The number of carbonyl (C=O) groups is 2. The fraction of sp³-hybridized carbons (Fsp3) is 0.214. The highest BCUT2D eigenvalue weighted by Gasteiger charge is 2.19. The largest absolute Gasteiger partial charge is 0.345 e. The Bertz CT molecular complexity index is 1450. The Morgan fingerprint density at radius 3 is 2.35 bits per heavy atom. The zero-order chi connectivity index (χ0) is 26.5. The van der Waals surface area contributed by atoms with Gasteiger partial charge in [0.1, 0.15) is 5.82 Å². The van der Waals surface area contributed by atoms with Crippen LogP contribution in [-0.4, -0.2) is 32.3 Å². The molecule has 0 atom stereocenters. The van der Waals surface area contributed by atoms with E-state index in [1.165, 1.54) is 36.0 Å². The third kappa shape index (κ3) is 6.42. The summed E-state index contributed by atoms with van der Waals surface area (Å²) in [6, 6.07) is 17.2. The highest BCUT2D eigenvalue weighted by atomic mass is 32.2. The number of hydrogen-bond acceptors (Lipinski definition) is 5. The molecule has 3 aromatic carbocycles. The summed E-state index contributed by atoms with van der Waals surface area (Å²) in [4.78, 5) is 25.3. The third-order valence-electron chi connectivity index (χ3n) is 5.94. The molecule has 0 bridgehead atoms. The molecule has 0 aliphatic rings. The van der Waals surface area contributed by atoms with Gasteiger partial charge in [-0.2, -0.15) is 0 Å². The van der Waals surface area contributed by atoms with Gasteiger partial charge in [0.2, 0.25) is 5.91 Å². The highest BCUT2D eigenvalue weighted by molar-refractivity contribution is 7.99. The third-order valence-corrected chi connectivity index (χ3v) is 6.87.